The highest BCUT2D eigenvalue weighted by atomic mass is 16.6. The van der Waals surface area contributed by atoms with E-state index in [1.165, 1.54) is 5.56 Å². The van der Waals surface area contributed by atoms with Crippen LogP contribution in [0.3, 0.4) is 0 Å². The van der Waals surface area contributed by atoms with E-state index < -0.39 is 5.91 Å². The van der Waals surface area contributed by atoms with Crippen molar-refractivity contribution in [1.29, 1.82) is 0 Å². The number of amides is 1. The molecule has 1 heterocycles. The van der Waals surface area contributed by atoms with Crippen LogP contribution in [-0.2, 0) is 12.0 Å². The Hall–Kier alpha value is -2.53. The number of benzene rings is 2. The molecule has 1 amide bonds. The van der Waals surface area contributed by atoms with Crippen molar-refractivity contribution in [2.24, 2.45) is 5.73 Å². The first-order valence-corrected chi connectivity index (χ1v) is 8.45. The predicted molar refractivity (Wildman–Crippen MR) is 97.1 cm³/mol. The molecule has 0 atom stereocenters. The number of ether oxygens (including phenoxy) is 2. The summed E-state index contributed by atoms with van der Waals surface area (Å²) in [5.74, 6) is 1.23. The second kappa shape index (κ2) is 7.15. The van der Waals surface area contributed by atoms with E-state index in [9.17, 15) is 4.79 Å². The zero-order chi connectivity index (χ0) is 17.9. The van der Waals surface area contributed by atoms with E-state index in [4.69, 9.17) is 15.2 Å². The molecule has 0 unspecified atom stereocenters. The first-order valence-electron chi connectivity index (χ1n) is 8.45. The lowest BCUT2D eigenvalue weighted by Crippen LogP contribution is -2.32. The number of rotatable bonds is 6. The molecule has 0 saturated carbocycles. The zero-order valence-corrected chi connectivity index (χ0v) is 14.7. The third kappa shape index (κ3) is 4.12. The van der Waals surface area contributed by atoms with Crippen molar-refractivity contribution in [3.05, 3.63) is 59.2 Å². The van der Waals surface area contributed by atoms with Crippen LogP contribution in [0.25, 0.3) is 0 Å². The van der Waals surface area contributed by atoms with Crippen molar-refractivity contribution in [2.45, 2.75) is 25.8 Å². The van der Waals surface area contributed by atoms with E-state index in [1.807, 2.05) is 18.2 Å². The van der Waals surface area contributed by atoms with E-state index in [2.05, 4.69) is 31.3 Å². The number of nitrogens with two attached hydrogens (primary N) is 1. The average Bonchev–Trinajstić information content (AvgIpc) is 2.61. The van der Waals surface area contributed by atoms with Gasteiger partial charge >= 0.3 is 0 Å². The molecule has 25 heavy (non-hydrogen) atoms. The normalized spacial score (nSPS) is 13.5. The van der Waals surface area contributed by atoms with Gasteiger partial charge in [0.25, 0.3) is 0 Å². The molecular weight excluding hydrogens is 316 g/mol. The molecule has 1 aliphatic heterocycles. The fourth-order valence-corrected chi connectivity index (χ4v) is 2.87. The third-order valence-electron chi connectivity index (χ3n) is 4.46. The Balaban J connectivity index is 1.60. The smallest absolute Gasteiger partial charge is 0.248 e. The molecule has 5 nitrogen and oxygen atoms in total. The summed E-state index contributed by atoms with van der Waals surface area (Å²) in [7, 11) is 0. The van der Waals surface area contributed by atoms with Crippen LogP contribution in [-0.4, -0.2) is 25.7 Å². The molecule has 3 N–H and O–H groups in total. The summed E-state index contributed by atoms with van der Waals surface area (Å²) in [4.78, 5) is 11.1. The Morgan fingerprint density at radius 3 is 2.44 bits per heavy atom. The maximum Gasteiger partial charge on any atom is 0.248 e. The molecule has 0 bridgehead atoms. The van der Waals surface area contributed by atoms with Crippen molar-refractivity contribution in [2.75, 3.05) is 19.8 Å². The number of hydrogen-bond acceptors (Lipinski definition) is 4. The van der Waals surface area contributed by atoms with E-state index in [1.54, 1.807) is 12.1 Å². The number of primary amides is 1. The standard InChI is InChI=1S/C20H24N2O3/c1-20(2,16-7-8-17-18(11-16)25-10-9-24-17)13-22-12-14-3-5-15(6-4-14)19(21)23/h3-8,11,22H,9-10,12-13H2,1-2H3,(H2,21,23). The lowest BCUT2D eigenvalue weighted by atomic mass is 9.84. The van der Waals surface area contributed by atoms with Gasteiger partial charge in [-0.1, -0.05) is 32.0 Å². The largest absolute Gasteiger partial charge is 0.486 e. The van der Waals surface area contributed by atoms with Gasteiger partial charge in [-0.15, -0.1) is 0 Å². The van der Waals surface area contributed by atoms with Gasteiger partial charge in [0.1, 0.15) is 13.2 Å². The molecule has 0 saturated heterocycles. The first kappa shape index (κ1) is 17.3. The minimum atomic E-state index is -0.403. The minimum absolute atomic E-state index is 0.0526. The molecule has 0 fully saturated rings. The van der Waals surface area contributed by atoms with Crippen LogP contribution in [0.2, 0.25) is 0 Å². The summed E-state index contributed by atoms with van der Waals surface area (Å²) in [6.07, 6.45) is 0. The van der Waals surface area contributed by atoms with Gasteiger partial charge in [-0.05, 0) is 35.4 Å². The van der Waals surface area contributed by atoms with Gasteiger partial charge < -0.3 is 20.5 Å². The van der Waals surface area contributed by atoms with Gasteiger partial charge in [0.15, 0.2) is 11.5 Å². The maximum atomic E-state index is 11.1. The van der Waals surface area contributed by atoms with E-state index >= 15 is 0 Å². The molecule has 3 rings (SSSR count). The molecule has 132 valence electrons. The topological polar surface area (TPSA) is 73.6 Å². The van der Waals surface area contributed by atoms with Crippen LogP contribution >= 0.6 is 0 Å². The number of fused-ring (bicyclic) bond motifs is 1. The number of hydrogen-bond donors (Lipinski definition) is 2. The summed E-state index contributed by atoms with van der Waals surface area (Å²) < 4.78 is 11.3. The number of nitrogens with one attached hydrogen (secondary N) is 1. The molecule has 2 aromatic carbocycles. The first-order chi connectivity index (χ1) is 12.0. The highest BCUT2D eigenvalue weighted by Crippen LogP contribution is 2.34. The van der Waals surface area contributed by atoms with Gasteiger partial charge in [-0.25, -0.2) is 0 Å². The Labute approximate surface area is 148 Å². The van der Waals surface area contributed by atoms with Crippen LogP contribution in [0.1, 0.15) is 35.3 Å². The summed E-state index contributed by atoms with van der Waals surface area (Å²) in [5.41, 5.74) is 8.05. The average molecular weight is 340 g/mol. The summed E-state index contributed by atoms with van der Waals surface area (Å²) >= 11 is 0. The summed E-state index contributed by atoms with van der Waals surface area (Å²) in [6.45, 7) is 7.13. The predicted octanol–water partition coefficient (Wildman–Crippen LogP) is 2.62. The molecule has 5 heteroatoms. The van der Waals surface area contributed by atoms with Crippen molar-refractivity contribution in [3.8, 4) is 11.5 Å². The van der Waals surface area contributed by atoms with E-state index in [-0.39, 0.29) is 5.41 Å². The van der Waals surface area contributed by atoms with Crippen molar-refractivity contribution in [3.63, 3.8) is 0 Å². The molecule has 0 aliphatic carbocycles. The maximum absolute atomic E-state index is 11.1. The number of carbonyl (C=O) groups is 1. The highest BCUT2D eigenvalue weighted by molar-refractivity contribution is 5.92. The second-order valence-electron chi connectivity index (χ2n) is 6.91. The third-order valence-corrected chi connectivity index (χ3v) is 4.46. The van der Waals surface area contributed by atoms with Crippen LogP contribution in [0, 0.1) is 0 Å². The van der Waals surface area contributed by atoms with Gasteiger partial charge in [-0.3, -0.25) is 4.79 Å². The Morgan fingerprint density at radius 1 is 1.08 bits per heavy atom. The Morgan fingerprint density at radius 2 is 1.76 bits per heavy atom. The van der Waals surface area contributed by atoms with Gasteiger partial charge in [0.05, 0.1) is 0 Å². The molecule has 1 aliphatic rings. The van der Waals surface area contributed by atoms with Gasteiger partial charge in [0, 0.05) is 24.1 Å². The van der Waals surface area contributed by atoms with Gasteiger partial charge in [0.2, 0.25) is 5.91 Å². The molecule has 0 aromatic heterocycles. The summed E-state index contributed by atoms with van der Waals surface area (Å²) in [6, 6.07) is 13.5. The lowest BCUT2D eigenvalue weighted by molar-refractivity contribution is 0.100. The molecule has 0 radical (unpaired) electrons. The van der Waals surface area contributed by atoms with Crippen LogP contribution in [0.15, 0.2) is 42.5 Å². The monoisotopic (exact) mass is 340 g/mol. The number of carbonyl (C=O) groups excluding carboxylic acids is 1. The quantitative estimate of drug-likeness (QED) is 0.848. The minimum Gasteiger partial charge on any atom is -0.486 e. The molecule has 0 spiro atoms. The van der Waals surface area contributed by atoms with Gasteiger partial charge in [-0.2, -0.15) is 0 Å². The van der Waals surface area contributed by atoms with Crippen molar-refractivity contribution in [1.82, 2.24) is 5.32 Å². The molecule has 2 aromatic rings. The van der Waals surface area contributed by atoms with Crippen LogP contribution < -0.4 is 20.5 Å². The molecular formula is C20H24N2O3. The fraction of sp³-hybridized carbons (Fsp3) is 0.350. The van der Waals surface area contributed by atoms with Crippen LogP contribution in [0.4, 0.5) is 0 Å². The highest BCUT2D eigenvalue weighted by Gasteiger charge is 2.23. The van der Waals surface area contributed by atoms with E-state index in [0.29, 0.717) is 18.8 Å². The van der Waals surface area contributed by atoms with Crippen molar-refractivity contribution < 1.29 is 14.3 Å². The second-order valence-corrected chi connectivity index (χ2v) is 6.91. The SMILES string of the molecule is CC(C)(CNCc1ccc(C(N)=O)cc1)c1ccc2c(c1)OCCO2. The Kier molecular flexibility index (Phi) is 4.95. The van der Waals surface area contributed by atoms with Crippen molar-refractivity contribution >= 4 is 5.91 Å². The van der Waals surface area contributed by atoms with Crippen LogP contribution in [0.5, 0.6) is 11.5 Å². The Bertz CT molecular complexity index is 754. The summed E-state index contributed by atoms with van der Waals surface area (Å²) in [5, 5.41) is 3.48. The lowest BCUT2D eigenvalue weighted by Gasteiger charge is -2.28. The zero-order valence-electron chi connectivity index (χ0n) is 14.7. The fourth-order valence-electron chi connectivity index (χ4n) is 2.87. The van der Waals surface area contributed by atoms with E-state index in [0.717, 1.165) is 30.2 Å².